The molecule has 0 unspecified atom stereocenters. The van der Waals surface area contributed by atoms with Crippen molar-refractivity contribution in [2.75, 3.05) is 0 Å². The van der Waals surface area contributed by atoms with Crippen LogP contribution in [0.2, 0.25) is 13.1 Å². The van der Waals surface area contributed by atoms with Crippen molar-refractivity contribution in [3.63, 3.8) is 0 Å². The molecule has 0 atom stereocenters. The van der Waals surface area contributed by atoms with Crippen LogP contribution in [0.4, 0.5) is 13.2 Å². The van der Waals surface area contributed by atoms with Gasteiger partial charge in [0, 0.05) is 0 Å². The molecule has 0 N–H and O–H groups in total. The molecule has 30 heavy (non-hydrogen) atoms. The summed E-state index contributed by atoms with van der Waals surface area (Å²) >= 11 is 1.74. The summed E-state index contributed by atoms with van der Waals surface area (Å²) in [5.74, 6) is 0. The Morgan fingerprint density at radius 1 is 0.833 bits per heavy atom. The third kappa shape index (κ3) is 9.98. The molecule has 0 bridgehead atoms. The van der Waals surface area contributed by atoms with Gasteiger partial charge in [0.25, 0.3) is 0 Å². The predicted octanol–water partition coefficient (Wildman–Crippen LogP) is 5.95. The van der Waals surface area contributed by atoms with Crippen molar-refractivity contribution < 1.29 is 49.5 Å². The van der Waals surface area contributed by atoms with Crippen LogP contribution in [0.3, 0.4) is 0 Å². The first kappa shape index (κ1) is 26.5. The largest absolute Gasteiger partial charge is 0.741 e. The Labute approximate surface area is 189 Å². The van der Waals surface area contributed by atoms with Crippen molar-refractivity contribution >= 4 is 37.1 Å². The van der Waals surface area contributed by atoms with Crippen LogP contribution in [-0.2, 0) is 33.5 Å². The van der Waals surface area contributed by atoms with Crippen LogP contribution in [0.25, 0.3) is 21.5 Å². The summed E-state index contributed by atoms with van der Waals surface area (Å²) in [6.07, 6.45) is 0. The van der Waals surface area contributed by atoms with Crippen LogP contribution in [0.15, 0.2) is 84.9 Å². The van der Waals surface area contributed by atoms with E-state index in [4.69, 9.17) is 13.0 Å². The molecule has 0 fully saturated rings. The smallest absolute Gasteiger partial charge is 0.485 e. The summed E-state index contributed by atoms with van der Waals surface area (Å²) in [5, 5.41) is 5.32. The molecule has 0 saturated carbocycles. The van der Waals surface area contributed by atoms with Gasteiger partial charge in [0.1, 0.15) is 0 Å². The van der Waals surface area contributed by atoms with Gasteiger partial charge >= 0.3 is 47.4 Å². The van der Waals surface area contributed by atoms with Crippen LogP contribution in [0.5, 0.6) is 0 Å². The van der Waals surface area contributed by atoms with Crippen molar-refractivity contribution in [2.24, 2.45) is 0 Å². The van der Waals surface area contributed by atoms with E-state index in [0.717, 1.165) is 0 Å². The maximum Gasteiger partial charge on any atom is 0.485 e. The van der Waals surface area contributed by atoms with Crippen LogP contribution in [-0.4, -0.2) is 23.9 Å². The zero-order valence-corrected chi connectivity index (χ0v) is 20.6. The molecule has 0 amide bonds. The summed E-state index contributed by atoms with van der Waals surface area (Å²) in [7, 11) is -6.09. The van der Waals surface area contributed by atoms with E-state index in [1.165, 1.54) is 21.5 Å². The minimum Gasteiger partial charge on any atom is -0.741 e. The fourth-order valence-corrected chi connectivity index (χ4v) is 2.14. The van der Waals surface area contributed by atoms with E-state index in [-0.39, 0.29) is 5.43 Å². The maximum absolute atomic E-state index is 10.7. The van der Waals surface area contributed by atoms with Gasteiger partial charge in [-0.05, 0) is 0 Å². The first-order chi connectivity index (χ1) is 13.9. The molecule has 4 aromatic carbocycles. The molecule has 0 heterocycles. The minimum absolute atomic E-state index is 0.210. The Morgan fingerprint density at radius 2 is 1.13 bits per heavy atom. The van der Waals surface area contributed by atoms with Gasteiger partial charge in [0.15, 0.2) is 10.1 Å². The maximum atomic E-state index is 10.7. The molecule has 0 aliphatic rings. The van der Waals surface area contributed by atoms with Crippen molar-refractivity contribution in [1.82, 2.24) is 0 Å². The molecule has 9 heteroatoms. The van der Waals surface area contributed by atoms with E-state index in [0.29, 0.717) is 0 Å². The van der Waals surface area contributed by atoms with Crippen LogP contribution in [0, 0.1) is 0 Å². The van der Waals surface area contributed by atoms with Gasteiger partial charge in [-0.1, -0.05) is 12.1 Å². The number of alkyl halides is 3. The topological polar surface area (TPSA) is 57.2 Å². The first-order valence-electron chi connectivity index (χ1n) is 8.66. The van der Waals surface area contributed by atoms with Gasteiger partial charge in [0.05, 0.1) is 0 Å². The average Bonchev–Trinajstić information content (AvgIpc) is 3.30. The van der Waals surface area contributed by atoms with Crippen molar-refractivity contribution in [3.8, 4) is 0 Å². The molecule has 0 radical (unpaired) electrons. The SMILES string of the molecule is C[Si](C)=[Zr].O=S(=O)([O-])C(F)(F)F.c1ccc2[cH-]ccc2c1.c1ccc2[cH-]ccc2c1. The molecule has 0 aliphatic heterocycles. The Morgan fingerprint density at radius 3 is 1.40 bits per heavy atom. The molecule has 160 valence electrons. The first-order valence-corrected chi connectivity index (χ1v) is 16.3. The average molecular weight is 529 g/mol. The van der Waals surface area contributed by atoms with E-state index < -0.39 is 15.6 Å². The quantitative estimate of drug-likeness (QED) is 0.123. The number of benzene rings is 2. The molecule has 0 aromatic heterocycles. The molecular formula is C21H20F3O3SSiZr-3. The van der Waals surface area contributed by atoms with Gasteiger partial charge in [-0.3, -0.25) is 0 Å². The molecule has 3 nitrogen and oxygen atoms in total. The summed E-state index contributed by atoms with van der Waals surface area (Å²) in [6, 6.07) is 29.3. The fourth-order valence-electron chi connectivity index (χ4n) is 2.14. The third-order valence-corrected chi connectivity index (χ3v) is 3.95. The third-order valence-electron chi connectivity index (χ3n) is 3.38. The van der Waals surface area contributed by atoms with Gasteiger partial charge in [0.2, 0.25) is 0 Å². The number of fused-ring (bicyclic) bond motifs is 2. The van der Waals surface area contributed by atoms with E-state index in [1.54, 1.807) is 23.3 Å². The number of hydrogen-bond acceptors (Lipinski definition) is 3. The van der Waals surface area contributed by atoms with Gasteiger partial charge in [-0.25, -0.2) is 8.42 Å². The van der Waals surface area contributed by atoms with Gasteiger partial charge in [-0.15, -0.1) is 59.3 Å². The number of hydrogen-bond donors (Lipinski definition) is 0. The van der Waals surface area contributed by atoms with Gasteiger partial charge in [-0.2, -0.15) is 48.2 Å². The second kappa shape index (κ2) is 12.3. The standard InChI is InChI=1S/2C9H7.C2H6Si.CHF3O3S.Zr/c2*1-2-5-9-7-3-6-8(9)4-1;1-3-2;2-1(3,4)8(5,6)7;/h2*1-7H;1-2H3;(H,5,6,7);/q2*-1;;;/p-1. The second-order valence-corrected chi connectivity index (χ2v) is 17.0. The van der Waals surface area contributed by atoms with E-state index in [1.807, 2.05) is 0 Å². The molecule has 4 aromatic rings. The van der Waals surface area contributed by atoms with Crippen molar-refractivity contribution in [1.29, 1.82) is 0 Å². The summed E-state index contributed by atoms with van der Waals surface area (Å²) in [6.45, 7) is 4.62. The molecular weight excluding hydrogens is 509 g/mol. The van der Waals surface area contributed by atoms with Gasteiger partial charge < -0.3 is 4.55 Å². The molecule has 0 saturated heterocycles. The number of halogens is 3. The van der Waals surface area contributed by atoms with E-state index >= 15 is 0 Å². The number of rotatable bonds is 0. The molecule has 4 rings (SSSR count). The van der Waals surface area contributed by atoms with E-state index in [2.05, 4.69) is 98.0 Å². The fraction of sp³-hybridized carbons (Fsp3) is 0.143. The Balaban J connectivity index is 0.000000208. The predicted molar refractivity (Wildman–Crippen MR) is 112 cm³/mol. The summed E-state index contributed by atoms with van der Waals surface area (Å²) in [4.78, 5) is 0. The van der Waals surface area contributed by atoms with Crippen LogP contribution in [0.1, 0.15) is 0 Å². The normalized spacial score (nSPS) is 10.7. The van der Waals surface area contributed by atoms with Crippen molar-refractivity contribution in [3.05, 3.63) is 84.9 Å². The minimum atomic E-state index is -6.09. The van der Waals surface area contributed by atoms with Crippen LogP contribution >= 0.6 is 0 Å². The monoisotopic (exact) mass is 527 g/mol. The zero-order valence-electron chi connectivity index (χ0n) is 16.3. The Bertz CT molecular complexity index is 1030. The van der Waals surface area contributed by atoms with E-state index in [9.17, 15) is 13.2 Å². The molecule has 0 aliphatic carbocycles. The summed E-state index contributed by atoms with van der Waals surface area (Å²) < 4.78 is 58.9. The zero-order chi connectivity index (χ0) is 22.8. The molecule has 0 spiro atoms. The Kier molecular flexibility index (Phi) is 10.9. The summed E-state index contributed by atoms with van der Waals surface area (Å²) in [5.41, 5.74) is -5.44. The van der Waals surface area contributed by atoms with Crippen molar-refractivity contribution in [2.45, 2.75) is 18.6 Å². The second-order valence-electron chi connectivity index (χ2n) is 6.21. The van der Waals surface area contributed by atoms with Crippen LogP contribution < -0.4 is 0 Å². The Hall–Kier alpha value is -1.54.